The number of ketones is 1. The van der Waals surface area contributed by atoms with Crippen LogP contribution in [0.25, 0.3) is 0 Å². The fourth-order valence-corrected chi connectivity index (χ4v) is 2.17. The summed E-state index contributed by atoms with van der Waals surface area (Å²) in [5.41, 5.74) is 2.02. The van der Waals surface area contributed by atoms with E-state index in [1.54, 1.807) is 0 Å². The molecule has 1 aliphatic heterocycles. The molecule has 0 bridgehead atoms. The third-order valence-electron chi connectivity index (χ3n) is 3.52. The van der Waals surface area contributed by atoms with Gasteiger partial charge in [-0.1, -0.05) is 5.92 Å². The smallest absolute Gasteiger partial charge is 0.288 e. The Labute approximate surface area is 102 Å². The number of Topliss-reactive ketones (excluding diaryl/α,β-unsaturated/α-hetero) is 1. The molecule has 4 heteroatoms. The van der Waals surface area contributed by atoms with Gasteiger partial charge in [-0.3, -0.25) is 9.59 Å². The molecule has 1 heterocycles. The zero-order chi connectivity index (χ0) is 13.2. The molecule has 0 fully saturated rings. The molecule has 1 aliphatic rings. The number of terminal acetylenes is 1. The molecular weight excluding hydrogens is 216 g/mol. The molecule has 0 spiro atoms. The quantitative estimate of drug-likeness (QED) is 0.573. The van der Waals surface area contributed by atoms with E-state index in [1.165, 1.54) is 0 Å². The van der Waals surface area contributed by atoms with Crippen LogP contribution in [-0.2, 0) is 9.59 Å². The number of allylic oxidation sites excluding steroid dienone is 1. The SMILES string of the molecule is C#CCNC(=O)C(=O)C1C(C)=C(C)N(C)C1C. The minimum Gasteiger partial charge on any atom is -0.374 e. The Bertz CT molecular complexity index is 418. The molecule has 1 rings (SSSR count). The molecule has 0 radical (unpaired) electrons. The van der Waals surface area contributed by atoms with E-state index >= 15 is 0 Å². The lowest BCUT2D eigenvalue weighted by Gasteiger charge is -2.23. The van der Waals surface area contributed by atoms with Crippen molar-refractivity contribution in [3.63, 3.8) is 0 Å². The van der Waals surface area contributed by atoms with Crippen LogP contribution in [0.5, 0.6) is 0 Å². The topological polar surface area (TPSA) is 49.4 Å². The van der Waals surface area contributed by atoms with E-state index in [4.69, 9.17) is 6.42 Å². The minimum atomic E-state index is -0.595. The van der Waals surface area contributed by atoms with Crippen LogP contribution in [0.4, 0.5) is 0 Å². The lowest BCUT2D eigenvalue weighted by atomic mass is 9.91. The maximum atomic E-state index is 12.0. The van der Waals surface area contributed by atoms with E-state index in [9.17, 15) is 9.59 Å². The standard InChI is InChI=1S/C13H18N2O2/c1-6-7-14-13(17)12(16)11-8(2)9(3)15(5)10(11)4/h1,10-11H,7H2,2-5H3,(H,14,17). The highest BCUT2D eigenvalue weighted by Crippen LogP contribution is 2.32. The predicted molar refractivity (Wildman–Crippen MR) is 65.9 cm³/mol. The summed E-state index contributed by atoms with van der Waals surface area (Å²) in [5, 5.41) is 2.41. The monoisotopic (exact) mass is 234 g/mol. The average molecular weight is 234 g/mol. The van der Waals surface area contributed by atoms with Crippen molar-refractivity contribution >= 4 is 11.7 Å². The van der Waals surface area contributed by atoms with Gasteiger partial charge in [-0.15, -0.1) is 6.42 Å². The fraction of sp³-hybridized carbons (Fsp3) is 0.538. The summed E-state index contributed by atoms with van der Waals surface area (Å²) < 4.78 is 0. The molecule has 1 N–H and O–H groups in total. The summed E-state index contributed by atoms with van der Waals surface area (Å²) in [6.45, 7) is 5.88. The number of carbonyl (C=O) groups is 2. The molecule has 2 atom stereocenters. The van der Waals surface area contributed by atoms with Gasteiger partial charge in [0.1, 0.15) is 0 Å². The van der Waals surface area contributed by atoms with Crippen molar-refractivity contribution in [1.29, 1.82) is 0 Å². The Kier molecular flexibility index (Phi) is 3.95. The Morgan fingerprint density at radius 2 is 2.06 bits per heavy atom. The van der Waals surface area contributed by atoms with Gasteiger partial charge in [0, 0.05) is 18.8 Å². The van der Waals surface area contributed by atoms with E-state index in [1.807, 2.05) is 32.7 Å². The molecule has 4 nitrogen and oxygen atoms in total. The number of rotatable bonds is 3. The lowest BCUT2D eigenvalue weighted by Crippen LogP contribution is -2.41. The number of hydrogen-bond acceptors (Lipinski definition) is 3. The molecule has 0 aromatic rings. The minimum absolute atomic E-state index is 0.0130. The summed E-state index contributed by atoms with van der Waals surface area (Å²) in [7, 11) is 1.93. The van der Waals surface area contributed by atoms with E-state index < -0.39 is 11.7 Å². The predicted octanol–water partition coefficient (Wildman–Crippen LogP) is 0.549. The van der Waals surface area contributed by atoms with Crippen molar-refractivity contribution < 1.29 is 9.59 Å². The summed E-state index contributed by atoms with van der Waals surface area (Å²) in [6, 6.07) is 0.0130. The summed E-state index contributed by atoms with van der Waals surface area (Å²) >= 11 is 0. The molecule has 0 saturated carbocycles. The second kappa shape index (κ2) is 5.05. The van der Waals surface area contributed by atoms with Gasteiger partial charge in [-0.25, -0.2) is 0 Å². The number of nitrogens with zero attached hydrogens (tertiary/aromatic N) is 1. The zero-order valence-corrected chi connectivity index (χ0v) is 10.7. The van der Waals surface area contributed by atoms with Crippen molar-refractivity contribution in [2.45, 2.75) is 26.8 Å². The lowest BCUT2D eigenvalue weighted by molar-refractivity contribution is -0.140. The molecule has 0 aromatic carbocycles. The van der Waals surface area contributed by atoms with Crippen molar-refractivity contribution in [3.05, 3.63) is 11.3 Å². The molecule has 2 unspecified atom stereocenters. The number of amides is 1. The van der Waals surface area contributed by atoms with E-state index in [2.05, 4.69) is 11.2 Å². The maximum Gasteiger partial charge on any atom is 0.288 e. The van der Waals surface area contributed by atoms with Crippen LogP contribution < -0.4 is 5.32 Å². The molecule has 0 aliphatic carbocycles. The Morgan fingerprint density at radius 1 is 1.47 bits per heavy atom. The highest BCUT2D eigenvalue weighted by Gasteiger charge is 2.39. The van der Waals surface area contributed by atoms with Crippen molar-refractivity contribution in [2.75, 3.05) is 13.6 Å². The summed E-state index contributed by atoms with van der Waals surface area (Å²) in [4.78, 5) is 25.6. The van der Waals surface area contributed by atoms with Gasteiger partial charge in [-0.05, 0) is 26.3 Å². The zero-order valence-electron chi connectivity index (χ0n) is 10.7. The van der Waals surface area contributed by atoms with Crippen LogP contribution in [0.3, 0.4) is 0 Å². The van der Waals surface area contributed by atoms with Crippen molar-refractivity contribution in [1.82, 2.24) is 10.2 Å². The van der Waals surface area contributed by atoms with Crippen LogP contribution in [0.15, 0.2) is 11.3 Å². The Morgan fingerprint density at radius 3 is 2.47 bits per heavy atom. The van der Waals surface area contributed by atoms with Crippen LogP contribution in [0.2, 0.25) is 0 Å². The number of hydrogen-bond donors (Lipinski definition) is 1. The first-order chi connectivity index (χ1) is 7.91. The number of nitrogens with one attached hydrogen (secondary N) is 1. The van der Waals surface area contributed by atoms with Gasteiger partial charge < -0.3 is 10.2 Å². The first kappa shape index (κ1) is 13.3. The largest absolute Gasteiger partial charge is 0.374 e. The van der Waals surface area contributed by atoms with Gasteiger partial charge in [0.15, 0.2) is 0 Å². The van der Waals surface area contributed by atoms with Gasteiger partial charge in [0.25, 0.3) is 5.91 Å². The molecule has 92 valence electrons. The highest BCUT2D eigenvalue weighted by molar-refractivity contribution is 6.37. The van der Waals surface area contributed by atoms with Gasteiger partial charge >= 0.3 is 0 Å². The van der Waals surface area contributed by atoms with Crippen LogP contribution in [0, 0.1) is 18.3 Å². The molecule has 17 heavy (non-hydrogen) atoms. The molecule has 0 aromatic heterocycles. The third kappa shape index (κ3) is 2.33. The second-order valence-electron chi connectivity index (χ2n) is 4.35. The Hall–Kier alpha value is -1.76. The second-order valence-corrected chi connectivity index (χ2v) is 4.35. The van der Waals surface area contributed by atoms with E-state index in [0.29, 0.717) is 0 Å². The van der Waals surface area contributed by atoms with Gasteiger partial charge in [-0.2, -0.15) is 0 Å². The van der Waals surface area contributed by atoms with E-state index in [-0.39, 0.29) is 18.5 Å². The molecule has 0 saturated heterocycles. The highest BCUT2D eigenvalue weighted by atomic mass is 16.2. The van der Waals surface area contributed by atoms with Crippen LogP contribution >= 0.6 is 0 Å². The molecule has 1 amide bonds. The fourth-order valence-electron chi connectivity index (χ4n) is 2.17. The van der Waals surface area contributed by atoms with Crippen LogP contribution in [-0.4, -0.2) is 36.2 Å². The van der Waals surface area contributed by atoms with Crippen LogP contribution in [0.1, 0.15) is 20.8 Å². The average Bonchev–Trinajstić information content (AvgIpc) is 2.50. The summed E-state index contributed by atoms with van der Waals surface area (Å²) in [6.07, 6.45) is 5.04. The van der Waals surface area contributed by atoms with E-state index in [0.717, 1.165) is 11.3 Å². The van der Waals surface area contributed by atoms with Gasteiger partial charge in [0.2, 0.25) is 5.78 Å². The Balaban J connectivity index is 2.84. The summed E-state index contributed by atoms with van der Waals surface area (Å²) in [5.74, 6) is 0.911. The third-order valence-corrected chi connectivity index (χ3v) is 3.52. The van der Waals surface area contributed by atoms with Crippen molar-refractivity contribution in [2.24, 2.45) is 5.92 Å². The normalized spacial score (nSPS) is 23.6. The molecular formula is C13H18N2O2. The van der Waals surface area contributed by atoms with Gasteiger partial charge in [0.05, 0.1) is 12.5 Å². The number of carbonyl (C=O) groups excluding carboxylic acids is 2. The first-order valence-corrected chi connectivity index (χ1v) is 5.57. The maximum absolute atomic E-state index is 12.0. The van der Waals surface area contributed by atoms with Crippen molar-refractivity contribution in [3.8, 4) is 12.3 Å². The first-order valence-electron chi connectivity index (χ1n) is 5.57.